The van der Waals surface area contributed by atoms with Crippen molar-refractivity contribution in [2.24, 2.45) is 11.8 Å². The van der Waals surface area contributed by atoms with Crippen LogP contribution in [0.2, 0.25) is 0 Å². The largest absolute Gasteiger partial charge is 0.392 e. The van der Waals surface area contributed by atoms with Gasteiger partial charge >= 0.3 is 0 Å². The second-order valence-electron chi connectivity index (χ2n) is 5.03. The molecule has 0 aromatic heterocycles. The van der Waals surface area contributed by atoms with Crippen LogP contribution < -0.4 is 0 Å². The van der Waals surface area contributed by atoms with Crippen molar-refractivity contribution in [3.63, 3.8) is 0 Å². The number of aliphatic hydroxyl groups is 1. The molecule has 4 unspecified atom stereocenters. The van der Waals surface area contributed by atoms with Crippen LogP contribution in [-0.2, 0) is 0 Å². The molecule has 1 heterocycles. The van der Waals surface area contributed by atoms with Crippen LogP contribution in [-0.4, -0.2) is 22.7 Å². The van der Waals surface area contributed by atoms with E-state index in [1.165, 1.54) is 29.9 Å². The molecule has 0 amide bonds. The third-order valence-corrected chi connectivity index (χ3v) is 5.14. The molecule has 4 atom stereocenters. The van der Waals surface area contributed by atoms with E-state index >= 15 is 0 Å². The highest BCUT2D eigenvalue weighted by Gasteiger charge is 2.46. The number of benzene rings is 1. The molecule has 86 valence electrons. The number of thioether (sulfide) groups is 1. The fraction of sp³-hybridized carbons (Fsp3) is 0.571. The van der Waals surface area contributed by atoms with Gasteiger partial charge in [0.25, 0.3) is 0 Å². The quantitative estimate of drug-likeness (QED) is 0.868. The number of aliphatic hydroxyl groups excluding tert-OH is 1. The minimum Gasteiger partial charge on any atom is -0.392 e. The molecular formula is C14H18OS. The summed E-state index contributed by atoms with van der Waals surface area (Å²) in [7, 11) is 0. The molecule has 2 fully saturated rings. The summed E-state index contributed by atoms with van der Waals surface area (Å²) >= 11 is 1.99. The van der Waals surface area contributed by atoms with E-state index in [9.17, 15) is 5.11 Å². The molecule has 2 heteroatoms. The van der Waals surface area contributed by atoms with Crippen molar-refractivity contribution < 1.29 is 5.11 Å². The Morgan fingerprint density at radius 3 is 2.75 bits per heavy atom. The van der Waals surface area contributed by atoms with Crippen LogP contribution >= 0.6 is 11.8 Å². The van der Waals surface area contributed by atoms with Crippen molar-refractivity contribution in [1.82, 2.24) is 0 Å². The summed E-state index contributed by atoms with van der Waals surface area (Å²) in [6.07, 6.45) is 2.34. The SMILES string of the molecule is OC(C1CCSC1)C1CC1c1ccccc1. The molecule has 0 spiro atoms. The lowest BCUT2D eigenvalue weighted by atomic mass is 9.95. The Hall–Kier alpha value is -0.470. The lowest BCUT2D eigenvalue weighted by Crippen LogP contribution is -2.22. The van der Waals surface area contributed by atoms with E-state index in [0.717, 1.165) is 0 Å². The van der Waals surface area contributed by atoms with Crippen LogP contribution in [0.1, 0.15) is 24.3 Å². The number of hydrogen-bond acceptors (Lipinski definition) is 2. The molecule has 1 saturated heterocycles. The Labute approximate surface area is 101 Å². The van der Waals surface area contributed by atoms with Crippen molar-refractivity contribution in [3.8, 4) is 0 Å². The summed E-state index contributed by atoms with van der Waals surface area (Å²) in [5, 5.41) is 10.3. The second-order valence-corrected chi connectivity index (χ2v) is 6.18. The maximum absolute atomic E-state index is 10.3. The van der Waals surface area contributed by atoms with Crippen molar-refractivity contribution >= 4 is 11.8 Å². The zero-order chi connectivity index (χ0) is 11.0. The Morgan fingerprint density at radius 2 is 2.06 bits per heavy atom. The van der Waals surface area contributed by atoms with Gasteiger partial charge in [-0.2, -0.15) is 11.8 Å². The van der Waals surface area contributed by atoms with Gasteiger partial charge in [-0.25, -0.2) is 0 Å². The highest BCUT2D eigenvalue weighted by atomic mass is 32.2. The van der Waals surface area contributed by atoms with Crippen molar-refractivity contribution in [3.05, 3.63) is 35.9 Å². The molecule has 0 radical (unpaired) electrons. The monoisotopic (exact) mass is 234 g/mol. The fourth-order valence-corrected chi connectivity index (χ4v) is 4.15. The van der Waals surface area contributed by atoms with E-state index in [-0.39, 0.29) is 6.10 Å². The molecule has 2 aliphatic rings. The summed E-state index contributed by atoms with van der Waals surface area (Å²) in [5.74, 6) is 4.13. The van der Waals surface area contributed by atoms with E-state index < -0.39 is 0 Å². The van der Waals surface area contributed by atoms with Crippen LogP contribution in [0.3, 0.4) is 0 Å². The van der Waals surface area contributed by atoms with Crippen LogP contribution in [0.15, 0.2) is 30.3 Å². The Kier molecular flexibility index (Phi) is 2.95. The van der Waals surface area contributed by atoms with Crippen LogP contribution in [0.5, 0.6) is 0 Å². The van der Waals surface area contributed by atoms with Gasteiger partial charge < -0.3 is 5.11 Å². The van der Waals surface area contributed by atoms with E-state index in [0.29, 0.717) is 17.8 Å². The van der Waals surface area contributed by atoms with Crippen LogP contribution in [0.4, 0.5) is 0 Å². The third kappa shape index (κ3) is 2.01. The van der Waals surface area contributed by atoms with Gasteiger partial charge in [0, 0.05) is 0 Å². The van der Waals surface area contributed by atoms with Gasteiger partial charge in [0.05, 0.1) is 6.10 Å². The van der Waals surface area contributed by atoms with Gasteiger partial charge in [0.1, 0.15) is 0 Å². The highest BCUT2D eigenvalue weighted by molar-refractivity contribution is 7.99. The number of rotatable bonds is 3. The first kappa shape index (κ1) is 10.7. The fourth-order valence-electron chi connectivity index (χ4n) is 2.85. The maximum Gasteiger partial charge on any atom is 0.0610 e. The minimum absolute atomic E-state index is 0.0554. The average molecular weight is 234 g/mol. The maximum atomic E-state index is 10.3. The molecule has 1 aromatic carbocycles. The van der Waals surface area contributed by atoms with Gasteiger partial charge in [-0.1, -0.05) is 30.3 Å². The van der Waals surface area contributed by atoms with Gasteiger partial charge in [-0.05, 0) is 47.7 Å². The van der Waals surface area contributed by atoms with Gasteiger partial charge in [-0.15, -0.1) is 0 Å². The lowest BCUT2D eigenvalue weighted by Gasteiger charge is -2.16. The molecular weight excluding hydrogens is 216 g/mol. The molecule has 1 nitrogen and oxygen atoms in total. The highest BCUT2D eigenvalue weighted by Crippen LogP contribution is 2.52. The molecule has 3 rings (SSSR count). The van der Waals surface area contributed by atoms with Crippen molar-refractivity contribution in [2.75, 3.05) is 11.5 Å². The van der Waals surface area contributed by atoms with Gasteiger partial charge in [-0.3, -0.25) is 0 Å². The first-order chi connectivity index (χ1) is 7.86. The topological polar surface area (TPSA) is 20.2 Å². The minimum atomic E-state index is -0.0554. The van der Waals surface area contributed by atoms with Gasteiger partial charge in [0.15, 0.2) is 0 Å². The molecule has 0 bridgehead atoms. The second kappa shape index (κ2) is 4.42. The van der Waals surface area contributed by atoms with Gasteiger partial charge in [0.2, 0.25) is 0 Å². The molecule has 1 aliphatic heterocycles. The summed E-state index contributed by atoms with van der Waals surface area (Å²) in [6.45, 7) is 0. The Bertz CT molecular complexity index is 345. The normalized spacial score (nSPS) is 34.9. The zero-order valence-corrected chi connectivity index (χ0v) is 10.2. The third-order valence-electron chi connectivity index (χ3n) is 3.95. The Balaban J connectivity index is 1.63. The standard InChI is InChI=1S/C14H18OS/c15-14(11-6-7-16-9-11)13-8-12(13)10-4-2-1-3-5-10/h1-5,11-15H,6-9H2. The van der Waals surface area contributed by atoms with Crippen LogP contribution in [0, 0.1) is 11.8 Å². The lowest BCUT2D eigenvalue weighted by molar-refractivity contribution is 0.0962. The Morgan fingerprint density at radius 1 is 1.25 bits per heavy atom. The molecule has 1 saturated carbocycles. The van der Waals surface area contributed by atoms with E-state index in [4.69, 9.17) is 0 Å². The summed E-state index contributed by atoms with van der Waals surface area (Å²) < 4.78 is 0. The number of hydrogen-bond donors (Lipinski definition) is 1. The summed E-state index contributed by atoms with van der Waals surface area (Å²) in [4.78, 5) is 0. The smallest absolute Gasteiger partial charge is 0.0610 e. The van der Waals surface area contributed by atoms with Crippen molar-refractivity contribution in [2.45, 2.75) is 24.9 Å². The van der Waals surface area contributed by atoms with Crippen LogP contribution in [0.25, 0.3) is 0 Å². The first-order valence-electron chi connectivity index (χ1n) is 6.17. The average Bonchev–Trinajstić information content (AvgIpc) is 2.95. The molecule has 1 aliphatic carbocycles. The van der Waals surface area contributed by atoms with E-state index in [1.54, 1.807) is 0 Å². The summed E-state index contributed by atoms with van der Waals surface area (Å²) in [5.41, 5.74) is 1.41. The summed E-state index contributed by atoms with van der Waals surface area (Å²) in [6, 6.07) is 10.7. The molecule has 1 aromatic rings. The van der Waals surface area contributed by atoms with E-state index in [1.807, 2.05) is 11.8 Å². The molecule has 1 N–H and O–H groups in total. The molecule has 16 heavy (non-hydrogen) atoms. The predicted molar refractivity (Wildman–Crippen MR) is 68.7 cm³/mol. The van der Waals surface area contributed by atoms with Crippen molar-refractivity contribution in [1.29, 1.82) is 0 Å². The predicted octanol–water partition coefficient (Wildman–Crippen LogP) is 2.90. The zero-order valence-electron chi connectivity index (χ0n) is 9.38. The first-order valence-corrected chi connectivity index (χ1v) is 7.32. The van der Waals surface area contributed by atoms with E-state index in [2.05, 4.69) is 30.3 Å².